The van der Waals surface area contributed by atoms with E-state index in [4.69, 9.17) is 0 Å². The van der Waals surface area contributed by atoms with Gasteiger partial charge >= 0.3 is 0 Å². The van der Waals surface area contributed by atoms with E-state index in [2.05, 4.69) is 15.6 Å². The quantitative estimate of drug-likeness (QED) is 0.689. The van der Waals surface area contributed by atoms with Crippen LogP contribution in [0.3, 0.4) is 0 Å². The number of hydrogen-bond acceptors (Lipinski definition) is 4. The van der Waals surface area contributed by atoms with Crippen LogP contribution in [0.5, 0.6) is 0 Å². The number of para-hydroxylation sites is 1. The third-order valence-electron chi connectivity index (χ3n) is 3.89. The summed E-state index contributed by atoms with van der Waals surface area (Å²) in [6, 6.07) is 16.4. The maximum absolute atomic E-state index is 12.5. The summed E-state index contributed by atoms with van der Waals surface area (Å²) >= 11 is 0. The summed E-state index contributed by atoms with van der Waals surface area (Å²) in [5.41, 5.74) is 5.36. The van der Waals surface area contributed by atoms with Gasteiger partial charge in [0, 0.05) is 11.8 Å². The molecule has 1 aliphatic heterocycles. The normalized spacial score (nSPS) is 17.0. The van der Waals surface area contributed by atoms with Crippen LogP contribution < -0.4 is 10.4 Å². The number of anilines is 1. The van der Waals surface area contributed by atoms with E-state index in [0.29, 0.717) is 17.0 Å². The Hall–Kier alpha value is -3.28. The highest BCUT2D eigenvalue weighted by molar-refractivity contribution is 6.23. The molecule has 2 amide bonds. The van der Waals surface area contributed by atoms with Crippen molar-refractivity contribution in [3.8, 4) is 0 Å². The minimum atomic E-state index is -0.585. The fourth-order valence-corrected chi connectivity index (χ4v) is 2.45. The van der Waals surface area contributed by atoms with Gasteiger partial charge in [0.1, 0.15) is 5.92 Å². The Morgan fingerprint density at radius 2 is 1.80 bits per heavy atom. The van der Waals surface area contributed by atoms with E-state index >= 15 is 0 Å². The molecule has 0 aliphatic carbocycles. The molecule has 0 unspecified atom stereocenters. The zero-order valence-corrected chi connectivity index (χ0v) is 14.0. The average Bonchev–Trinajstić information content (AvgIpc) is 2.91. The van der Waals surface area contributed by atoms with Crippen LogP contribution in [0.25, 0.3) is 0 Å². The van der Waals surface area contributed by atoms with Gasteiger partial charge < -0.3 is 0 Å². The van der Waals surface area contributed by atoms with E-state index in [9.17, 15) is 9.59 Å². The lowest BCUT2D eigenvalue weighted by atomic mass is 10.1. The Bertz CT molecular complexity index is 841. The van der Waals surface area contributed by atoms with Crippen molar-refractivity contribution in [2.45, 2.75) is 13.8 Å². The van der Waals surface area contributed by atoms with Crippen molar-refractivity contribution in [2.75, 3.05) is 5.01 Å². The molecule has 0 saturated heterocycles. The molecule has 3 rings (SSSR count). The molecule has 2 aromatic rings. The number of carbonyl (C=O) groups is 2. The summed E-state index contributed by atoms with van der Waals surface area (Å²) in [5, 5.41) is 9.57. The predicted octanol–water partition coefficient (Wildman–Crippen LogP) is 2.75. The number of aryl methyl sites for hydroxylation is 1. The first-order chi connectivity index (χ1) is 12.1. The molecule has 6 heteroatoms. The van der Waals surface area contributed by atoms with Gasteiger partial charge in [0.25, 0.3) is 11.8 Å². The summed E-state index contributed by atoms with van der Waals surface area (Å²) in [4.78, 5) is 24.5. The molecular weight excluding hydrogens is 316 g/mol. The fraction of sp³-hybridized carbons (Fsp3) is 0.158. The number of benzene rings is 2. The molecular formula is C19H18N4O2. The molecule has 0 aromatic heterocycles. The zero-order chi connectivity index (χ0) is 17.8. The molecule has 0 radical (unpaired) electrons. The topological polar surface area (TPSA) is 74.1 Å². The predicted molar refractivity (Wildman–Crippen MR) is 97.7 cm³/mol. The summed E-state index contributed by atoms with van der Waals surface area (Å²) in [6.45, 7) is 3.71. The SMILES string of the molecule is CC1=NN(c2ccccc2)C(=O)[C@@H]1/C=N\NC(=O)c1ccc(C)cc1. The molecule has 6 nitrogen and oxygen atoms in total. The Morgan fingerprint density at radius 1 is 1.12 bits per heavy atom. The monoisotopic (exact) mass is 334 g/mol. The molecule has 2 aromatic carbocycles. The lowest BCUT2D eigenvalue weighted by molar-refractivity contribution is -0.118. The van der Waals surface area contributed by atoms with Gasteiger partial charge in [-0.1, -0.05) is 35.9 Å². The van der Waals surface area contributed by atoms with E-state index in [1.54, 1.807) is 19.1 Å². The number of rotatable bonds is 4. The second kappa shape index (κ2) is 7.09. The van der Waals surface area contributed by atoms with Crippen molar-refractivity contribution in [2.24, 2.45) is 16.1 Å². The van der Waals surface area contributed by atoms with Crippen molar-refractivity contribution >= 4 is 29.4 Å². The van der Waals surface area contributed by atoms with Crippen molar-refractivity contribution < 1.29 is 9.59 Å². The molecule has 1 aliphatic rings. The Morgan fingerprint density at radius 3 is 2.48 bits per heavy atom. The van der Waals surface area contributed by atoms with Gasteiger partial charge in [-0.3, -0.25) is 9.59 Å². The van der Waals surface area contributed by atoms with E-state index < -0.39 is 5.92 Å². The molecule has 25 heavy (non-hydrogen) atoms. The Labute approximate surface area is 145 Å². The lowest BCUT2D eigenvalue weighted by Crippen LogP contribution is -2.29. The highest BCUT2D eigenvalue weighted by atomic mass is 16.2. The third kappa shape index (κ3) is 3.63. The number of carbonyl (C=O) groups excluding carboxylic acids is 2. The van der Waals surface area contributed by atoms with Crippen LogP contribution in [0.4, 0.5) is 5.69 Å². The zero-order valence-electron chi connectivity index (χ0n) is 14.0. The molecule has 0 saturated carbocycles. The standard InChI is InChI=1S/C19H18N4O2/c1-13-8-10-15(11-9-13)18(24)21-20-12-17-14(2)22-23(19(17)25)16-6-4-3-5-7-16/h3-12,17H,1-2H3,(H,21,24)/b20-12-/t17-/m1/s1. The van der Waals surface area contributed by atoms with Gasteiger partial charge in [-0.05, 0) is 38.1 Å². The van der Waals surface area contributed by atoms with Crippen molar-refractivity contribution in [1.29, 1.82) is 0 Å². The summed E-state index contributed by atoms with van der Waals surface area (Å²) in [7, 11) is 0. The highest BCUT2D eigenvalue weighted by Gasteiger charge is 2.33. The highest BCUT2D eigenvalue weighted by Crippen LogP contribution is 2.22. The number of hydrogen-bond donors (Lipinski definition) is 1. The molecule has 1 N–H and O–H groups in total. The number of hydrazone groups is 2. The first kappa shape index (κ1) is 16.6. The smallest absolute Gasteiger partial charge is 0.271 e. The Balaban J connectivity index is 1.66. The second-order valence-electron chi connectivity index (χ2n) is 5.79. The van der Waals surface area contributed by atoms with Gasteiger partial charge in [0.05, 0.1) is 11.4 Å². The second-order valence-corrected chi connectivity index (χ2v) is 5.79. The van der Waals surface area contributed by atoms with Crippen molar-refractivity contribution in [3.63, 3.8) is 0 Å². The van der Waals surface area contributed by atoms with Crippen LogP contribution in [0.2, 0.25) is 0 Å². The first-order valence-electron chi connectivity index (χ1n) is 7.90. The largest absolute Gasteiger partial charge is 0.271 e. The van der Waals surface area contributed by atoms with E-state index in [1.165, 1.54) is 11.2 Å². The van der Waals surface area contributed by atoms with E-state index in [0.717, 1.165) is 5.56 Å². The van der Waals surface area contributed by atoms with Crippen LogP contribution >= 0.6 is 0 Å². The van der Waals surface area contributed by atoms with Gasteiger partial charge in [-0.2, -0.15) is 15.2 Å². The maximum atomic E-state index is 12.5. The van der Waals surface area contributed by atoms with Gasteiger partial charge in [0.2, 0.25) is 0 Å². The van der Waals surface area contributed by atoms with Crippen molar-refractivity contribution in [1.82, 2.24) is 5.43 Å². The first-order valence-corrected chi connectivity index (χ1v) is 7.90. The van der Waals surface area contributed by atoms with Gasteiger partial charge in [-0.25, -0.2) is 5.43 Å². The number of nitrogens with zero attached hydrogens (tertiary/aromatic N) is 3. The summed E-state index contributed by atoms with van der Waals surface area (Å²) in [5.74, 6) is -1.10. The van der Waals surface area contributed by atoms with Gasteiger partial charge in [0.15, 0.2) is 0 Å². The van der Waals surface area contributed by atoms with Gasteiger partial charge in [-0.15, -0.1) is 0 Å². The molecule has 0 fully saturated rings. The van der Waals surface area contributed by atoms with Crippen LogP contribution in [0.1, 0.15) is 22.8 Å². The molecule has 0 bridgehead atoms. The van der Waals surface area contributed by atoms with Crippen LogP contribution in [0.15, 0.2) is 64.8 Å². The van der Waals surface area contributed by atoms with Crippen LogP contribution in [-0.4, -0.2) is 23.7 Å². The molecule has 1 heterocycles. The van der Waals surface area contributed by atoms with Crippen molar-refractivity contribution in [3.05, 3.63) is 65.7 Å². The molecule has 1 atom stereocenters. The average molecular weight is 334 g/mol. The molecule has 126 valence electrons. The minimum Gasteiger partial charge on any atom is -0.271 e. The van der Waals surface area contributed by atoms with E-state index in [1.807, 2.05) is 49.4 Å². The number of nitrogens with one attached hydrogen (secondary N) is 1. The maximum Gasteiger partial charge on any atom is 0.271 e. The summed E-state index contributed by atoms with van der Waals surface area (Å²) in [6.07, 6.45) is 1.41. The fourth-order valence-electron chi connectivity index (χ4n) is 2.45. The summed E-state index contributed by atoms with van der Waals surface area (Å²) < 4.78 is 0. The third-order valence-corrected chi connectivity index (χ3v) is 3.89. The van der Waals surface area contributed by atoms with Crippen LogP contribution in [0, 0.1) is 12.8 Å². The lowest BCUT2D eigenvalue weighted by Gasteiger charge is -2.12. The van der Waals surface area contributed by atoms with Crippen LogP contribution in [-0.2, 0) is 4.79 Å². The molecule has 0 spiro atoms. The number of amides is 2. The van der Waals surface area contributed by atoms with E-state index in [-0.39, 0.29) is 11.8 Å². The Kier molecular flexibility index (Phi) is 4.70. The minimum absolute atomic E-state index is 0.197.